The number of ether oxygens (including phenoxy) is 1. The van der Waals surface area contributed by atoms with Crippen molar-refractivity contribution in [3.05, 3.63) is 54.1 Å². The fraction of sp³-hybridized carbons (Fsp3) is 0.250. The van der Waals surface area contributed by atoms with Crippen molar-refractivity contribution >= 4 is 0 Å². The second-order valence-electron chi connectivity index (χ2n) is 4.98. The lowest BCUT2D eigenvalue weighted by molar-refractivity contribution is 0.295. The van der Waals surface area contributed by atoms with Crippen LogP contribution in [0.25, 0.3) is 11.4 Å². The van der Waals surface area contributed by atoms with Gasteiger partial charge in [-0.3, -0.25) is 5.10 Å². The number of H-pyrrole nitrogens is 1. The van der Waals surface area contributed by atoms with E-state index in [2.05, 4.69) is 32.1 Å². The summed E-state index contributed by atoms with van der Waals surface area (Å²) in [5.74, 6) is 1.19. The van der Waals surface area contributed by atoms with Gasteiger partial charge in [0.15, 0.2) is 11.6 Å². The van der Waals surface area contributed by atoms with Crippen molar-refractivity contribution in [2.75, 3.05) is 0 Å². The molecular formula is C16H16FN5O. The molecule has 7 heteroatoms. The molecule has 2 heterocycles. The van der Waals surface area contributed by atoms with Gasteiger partial charge >= 0.3 is 0 Å². The number of benzene rings is 1. The van der Waals surface area contributed by atoms with E-state index in [1.165, 1.54) is 18.5 Å². The zero-order chi connectivity index (χ0) is 16.1. The van der Waals surface area contributed by atoms with Crippen molar-refractivity contribution in [3.8, 4) is 17.1 Å². The van der Waals surface area contributed by atoms with Crippen LogP contribution >= 0.6 is 0 Å². The first-order valence-electron chi connectivity index (χ1n) is 7.35. The van der Waals surface area contributed by atoms with Crippen LogP contribution in [0.1, 0.15) is 24.9 Å². The first-order chi connectivity index (χ1) is 11.3. The highest BCUT2D eigenvalue weighted by Gasteiger charge is 2.12. The molecule has 0 aliphatic carbocycles. The van der Waals surface area contributed by atoms with Crippen molar-refractivity contribution in [1.29, 1.82) is 0 Å². The largest absolute Gasteiger partial charge is 0.486 e. The minimum absolute atomic E-state index is 0.174. The van der Waals surface area contributed by atoms with E-state index in [0.29, 0.717) is 17.4 Å². The molecule has 0 unspecified atom stereocenters. The van der Waals surface area contributed by atoms with Gasteiger partial charge < -0.3 is 4.74 Å². The Morgan fingerprint density at radius 2 is 2.22 bits per heavy atom. The molecule has 0 atom stereocenters. The molecule has 23 heavy (non-hydrogen) atoms. The van der Waals surface area contributed by atoms with Gasteiger partial charge in [0.05, 0.1) is 11.3 Å². The highest BCUT2D eigenvalue weighted by atomic mass is 19.1. The Kier molecular flexibility index (Phi) is 4.56. The number of nitrogens with one attached hydrogen (secondary N) is 1. The molecule has 3 aromatic rings. The van der Waals surface area contributed by atoms with Crippen LogP contribution in [-0.2, 0) is 13.0 Å². The molecule has 0 fully saturated rings. The van der Waals surface area contributed by atoms with Crippen molar-refractivity contribution in [1.82, 2.24) is 25.1 Å². The molecule has 118 valence electrons. The van der Waals surface area contributed by atoms with Crippen LogP contribution in [0, 0.1) is 5.82 Å². The summed E-state index contributed by atoms with van der Waals surface area (Å²) in [6.07, 6.45) is 5.04. The zero-order valence-electron chi connectivity index (χ0n) is 12.7. The number of nitrogens with zero attached hydrogens (tertiary/aromatic N) is 4. The summed E-state index contributed by atoms with van der Waals surface area (Å²) in [4.78, 5) is 12.7. The maximum Gasteiger partial charge on any atom is 0.184 e. The van der Waals surface area contributed by atoms with E-state index in [0.717, 1.165) is 24.1 Å². The van der Waals surface area contributed by atoms with E-state index in [1.807, 2.05) is 0 Å². The molecular weight excluding hydrogens is 297 g/mol. The van der Waals surface area contributed by atoms with Gasteiger partial charge in [0.1, 0.15) is 24.5 Å². The predicted molar refractivity (Wildman–Crippen MR) is 82.1 cm³/mol. The smallest absolute Gasteiger partial charge is 0.184 e. The van der Waals surface area contributed by atoms with E-state index < -0.39 is 0 Å². The summed E-state index contributed by atoms with van der Waals surface area (Å²) < 4.78 is 18.6. The van der Waals surface area contributed by atoms with E-state index >= 15 is 0 Å². The fourth-order valence-electron chi connectivity index (χ4n) is 2.17. The second kappa shape index (κ2) is 6.95. The Bertz CT molecular complexity index is 789. The van der Waals surface area contributed by atoms with E-state index in [1.54, 1.807) is 18.3 Å². The van der Waals surface area contributed by atoms with Crippen molar-refractivity contribution < 1.29 is 9.13 Å². The molecule has 0 aliphatic rings. The average Bonchev–Trinajstić information content (AvgIpc) is 3.03. The number of hydrogen-bond acceptors (Lipinski definition) is 5. The summed E-state index contributed by atoms with van der Waals surface area (Å²) in [7, 11) is 0. The molecule has 2 aromatic heterocycles. The minimum Gasteiger partial charge on any atom is -0.486 e. The SMILES string of the molecule is CCCc1ncncc1-c1n[nH]c(COc2cccc(F)c2)n1. The molecule has 6 nitrogen and oxygen atoms in total. The molecule has 0 amide bonds. The lowest BCUT2D eigenvalue weighted by Gasteiger charge is -2.03. The van der Waals surface area contributed by atoms with Crippen molar-refractivity contribution in [2.24, 2.45) is 0 Å². The normalized spacial score (nSPS) is 10.7. The molecule has 0 aliphatic heterocycles. The number of halogens is 1. The van der Waals surface area contributed by atoms with Gasteiger partial charge in [-0.15, -0.1) is 0 Å². The summed E-state index contributed by atoms with van der Waals surface area (Å²) in [6.45, 7) is 2.26. The van der Waals surface area contributed by atoms with Crippen LogP contribution in [0.15, 0.2) is 36.8 Å². The number of rotatable bonds is 6. The average molecular weight is 313 g/mol. The van der Waals surface area contributed by atoms with E-state index in [4.69, 9.17) is 4.74 Å². The highest BCUT2D eigenvalue weighted by Crippen LogP contribution is 2.19. The fourth-order valence-corrected chi connectivity index (χ4v) is 2.17. The molecule has 0 spiro atoms. The highest BCUT2D eigenvalue weighted by molar-refractivity contribution is 5.56. The third-order valence-electron chi connectivity index (χ3n) is 3.23. The summed E-state index contributed by atoms with van der Waals surface area (Å²) in [5.41, 5.74) is 1.72. The first-order valence-corrected chi connectivity index (χ1v) is 7.35. The first kappa shape index (κ1) is 15.1. The summed E-state index contributed by atoms with van der Waals surface area (Å²) in [5, 5.41) is 7.01. The van der Waals surface area contributed by atoms with Crippen LogP contribution in [0.4, 0.5) is 4.39 Å². The Morgan fingerprint density at radius 3 is 3.04 bits per heavy atom. The Hall–Kier alpha value is -2.83. The monoisotopic (exact) mass is 313 g/mol. The van der Waals surface area contributed by atoms with Crippen molar-refractivity contribution in [3.63, 3.8) is 0 Å². The van der Waals surface area contributed by atoms with Gasteiger partial charge in [-0.2, -0.15) is 5.10 Å². The van der Waals surface area contributed by atoms with Gasteiger partial charge in [0.25, 0.3) is 0 Å². The van der Waals surface area contributed by atoms with Gasteiger partial charge in [0, 0.05) is 12.3 Å². The predicted octanol–water partition coefficient (Wildman–Crippen LogP) is 2.93. The molecule has 3 rings (SSSR count). The Morgan fingerprint density at radius 1 is 1.30 bits per heavy atom. The van der Waals surface area contributed by atoms with Gasteiger partial charge in [-0.25, -0.2) is 19.3 Å². The zero-order valence-corrected chi connectivity index (χ0v) is 12.7. The third-order valence-corrected chi connectivity index (χ3v) is 3.23. The standard InChI is InChI=1S/C16H16FN5O/c1-2-4-14-13(8-18-10-19-14)16-20-15(21-22-16)9-23-12-6-3-5-11(17)7-12/h3,5-8,10H,2,4,9H2,1H3,(H,20,21,22). The third kappa shape index (κ3) is 3.68. The quantitative estimate of drug-likeness (QED) is 0.757. The second-order valence-corrected chi connectivity index (χ2v) is 4.98. The van der Waals surface area contributed by atoms with Crippen LogP contribution in [0.3, 0.4) is 0 Å². The molecule has 1 N–H and O–H groups in total. The van der Waals surface area contributed by atoms with Gasteiger partial charge in [0.2, 0.25) is 0 Å². The number of aromatic nitrogens is 5. The minimum atomic E-state index is -0.341. The maximum absolute atomic E-state index is 13.1. The summed E-state index contributed by atoms with van der Waals surface area (Å²) >= 11 is 0. The summed E-state index contributed by atoms with van der Waals surface area (Å²) in [6, 6.07) is 5.96. The Labute approximate surface area is 132 Å². The Balaban J connectivity index is 1.73. The number of hydrogen-bond donors (Lipinski definition) is 1. The van der Waals surface area contributed by atoms with Crippen LogP contribution in [0.5, 0.6) is 5.75 Å². The molecule has 1 aromatic carbocycles. The van der Waals surface area contributed by atoms with E-state index in [-0.39, 0.29) is 12.4 Å². The molecule has 0 radical (unpaired) electrons. The number of aryl methyl sites for hydroxylation is 1. The van der Waals surface area contributed by atoms with Crippen molar-refractivity contribution in [2.45, 2.75) is 26.4 Å². The van der Waals surface area contributed by atoms with Crippen LogP contribution < -0.4 is 4.74 Å². The maximum atomic E-state index is 13.1. The van der Waals surface area contributed by atoms with Gasteiger partial charge in [-0.05, 0) is 18.6 Å². The lowest BCUT2D eigenvalue weighted by Crippen LogP contribution is -1.98. The van der Waals surface area contributed by atoms with Gasteiger partial charge in [-0.1, -0.05) is 19.4 Å². The van der Waals surface area contributed by atoms with E-state index in [9.17, 15) is 4.39 Å². The lowest BCUT2D eigenvalue weighted by atomic mass is 10.1. The molecule has 0 saturated carbocycles. The molecule has 0 bridgehead atoms. The van der Waals surface area contributed by atoms with Crippen LogP contribution in [-0.4, -0.2) is 25.1 Å². The molecule has 0 saturated heterocycles. The van der Waals surface area contributed by atoms with Crippen LogP contribution in [0.2, 0.25) is 0 Å². The topological polar surface area (TPSA) is 76.6 Å². The number of aromatic amines is 1.